The molecule has 0 aliphatic carbocycles. The molecule has 1 aromatic heterocycles. The van der Waals surface area contributed by atoms with Gasteiger partial charge in [0.2, 0.25) is 0 Å². The Morgan fingerprint density at radius 3 is 2.79 bits per heavy atom. The van der Waals surface area contributed by atoms with Crippen LogP contribution in [-0.2, 0) is 16.6 Å². The topological polar surface area (TPSA) is 63.4 Å². The summed E-state index contributed by atoms with van der Waals surface area (Å²) in [6.45, 7) is 5.91. The first-order valence-corrected chi connectivity index (χ1v) is 9.57. The Balaban J connectivity index is 2.20. The average Bonchev–Trinajstić information content (AvgIpc) is 2.75. The van der Waals surface area contributed by atoms with Crippen molar-refractivity contribution in [1.29, 1.82) is 0 Å². The standard InChI is InChI=1S/C12H20N2O2S3/c1-12(2)3-4-14(5-6-18-12)19(15,16)11-7-10(8-13)9-17-11/h7,9H,3-6,8,13H2,1-2H3. The maximum absolute atomic E-state index is 12.6. The summed E-state index contributed by atoms with van der Waals surface area (Å²) in [5, 5.41) is 1.82. The predicted octanol–water partition coefficient (Wildman–Crippen LogP) is 2.11. The number of hydrogen-bond donors (Lipinski definition) is 1. The fourth-order valence-corrected chi connectivity index (χ4v) is 6.00. The second kappa shape index (κ2) is 5.73. The summed E-state index contributed by atoms with van der Waals surface area (Å²) < 4.78 is 27.3. The van der Waals surface area contributed by atoms with Crippen LogP contribution in [0.3, 0.4) is 0 Å². The molecular weight excluding hydrogens is 300 g/mol. The van der Waals surface area contributed by atoms with Crippen molar-refractivity contribution in [2.75, 3.05) is 18.8 Å². The van der Waals surface area contributed by atoms with Crippen LogP contribution in [0.2, 0.25) is 0 Å². The Labute approximate surface area is 123 Å². The Bertz CT molecular complexity index is 537. The molecule has 1 fully saturated rings. The minimum Gasteiger partial charge on any atom is -0.326 e. The van der Waals surface area contributed by atoms with Crippen LogP contribution < -0.4 is 5.73 Å². The van der Waals surface area contributed by atoms with Crippen LogP contribution in [0, 0.1) is 0 Å². The van der Waals surface area contributed by atoms with Gasteiger partial charge in [0.1, 0.15) is 4.21 Å². The zero-order chi connectivity index (χ0) is 14.1. The monoisotopic (exact) mass is 320 g/mol. The van der Waals surface area contributed by atoms with Crippen molar-refractivity contribution >= 4 is 33.1 Å². The van der Waals surface area contributed by atoms with Crippen LogP contribution in [0.25, 0.3) is 0 Å². The van der Waals surface area contributed by atoms with Crippen LogP contribution in [-0.4, -0.2) is 36.3 Å². The van der Waals surface area contributed by atoms with Gasteiger partial charge in [0.15, 0.2) is 0 Å². The molecule has 0 radical (unpaired) electrons. The molecule has 0 bridgehead atoms. The lowest BCUT2D eigenvalue weighted by atomic mass is 10.1. The first kappa shape index (κ1) is 15.3. The van der Waals surface area contributed by atoms with E-state index in [0.717, 1.165) is 17.7 Å². The second-order valence-corrected chi connectivity index (χ2v) is 10.1. The fraction of sp³-hybridized carbons (Fsp3) is 0.667. The van der Waals surface area contributed by atoms with Crippen molar-refractivity contribution in [2.45, 2.75) is 35.8 Å². The molecule has 108 valence electrons. The molecule has 19 heavy (non-hydrogen) atoms. The van der Waals surface area contributed by atoms with E-state index in [1.807, 2.05) is 17.1 Å². The van der Waals surface area contributed by atoms with Crippen LogP contribution >= 0.6 is 23.1 Å². The van der Waals surface area contributed by atoms with Gasteiger partial charge < -0.3 is 5.73 Å². The van der Waals surface area contributed by atoms with E-state index < -0.39 is 10.0 Å². The van der Waals surface area contributed by atoms with Crippen LogP contribution in [0.4, 0.5) is 0 Å². The minimum absolute atomic E-state index is 0.155. The van der Waals surface area contributed by atoms with Gasteiger partial charge >= 0.3 is 0 Å². The lowest BCUT2D eigenvalue weighted by Gasteiger charge is -2.22. The lowest BCUT2D eigenvalue weighted by molar-refractivity contribution is 0.416. The first-order chi connectivity index (χ1) is 8.85. The smallest absolute Gasteiger partial charge is 0.252 e. The molecule has 4 nitrogen and oxygen atoms in total. The molecule has 1 aliphatic rings. The summed E-state index contributed by atoms with van der Waals surface area (Å²) in [6.07, 6.45) is 0.881. The SMILES string of the molecule is CC1(C)CCN(S(=O)(=O)c2cc(CN)cs2)CCS1. The van der Waals surface area contributed by atoms with Gasteiger partial charge in [-0.1, -0.05) is 13.8 Å². The number of sulfonamides is 1. The van der Waals surface area contributed by atoms with E-state index in [0.29, 0.717) is 23.8 Å². The van der Waals surface area contributed by atoms with Crippen molar-refractivity contribution in [1.82, 2.24) is 4.31 Å². The summed E-state index contributed by atoms with van der Waals surface area (Å²) >= 11 is 3.11. The highest BCUT2D eigenvalue weighted by molar-refractivity contribution is 8.00. The van der Waals surface area contributed by atoms with E-state index in [-0.39, 0.29) is 4.75 Å². The van der Waals surface area contributed by atoms with Crippen LogP contribution in [0.1, 0.15) is 25.8 Å². The van der Waals surface area contributed by atoms with Gasteiger partial charge in [-0.25, -0.2) is 8.42 Å². The minimum atomic E-state index is -3.34. The van der Waals surface area contributed by atoms with Gasteiger partial charge in [-0.2, -0.15) is 16.1 Å². The Hall–Kier alpha value is -0.0800. The quantitative estimate of drug-likeness (QED) is 0.926. The van der Waals surface area contributed by atoms with Crippen LogP contribution in [0.5, 0.6) is 0 Å². The summed E-state index contributed by atoms with van der Waals surface area (Å²) in [6, 6.07) is 1.70. The third kappa shape index (κ3) is 3.52. The molecule has 2 heterocycles. The van der Waals surface area contributed by atoms with E-state index >= 15 is 0 Å². The number of thioether (sulfide) groups is 1. The molecule has 1 saturated heterocycles. The lowest BCUT2D eigenvalue weighted by Crippen LogP contribution is -2.33. The van der Waals surface area contributed by atoms with Crippen molar-refractivity contribution in [2.24, 2.45) is 5.73 Å². The Morgan fingerprint density at radius 1 is 1.42 bits per heavy atom. The molecule has 0 saturated carbocycles. The number of rotatable bonds is 3. The highest BCUT2D eigenvalue weighted by atomic mass is 32.2. The molecule has 1 aliphatic heterocycles. The normalized spacial score (nSPS) is 21.2. The van der Waals surface area contributed by atoms with E-state index in [2.05, 4.69) is 13.8 Å². The van der Waals surface area contributed by atoms with E-state index in [4.69, 9.17) is 5.73 Å². The van der Waals surface area contributed by atoms with Gasteiger partial charge in [0.05, 0.1) is 0 Å². The van der Waals surface area contributed by atoms with Gasteiger partial charge in [0, 0.05) is 30.1 Å². The first-order valence-electron chi connectivity index (χ1n) is 6.27. The number of nitrogens with two attached hydrogens (primary N) is 1. The molecule has 7 heteroatoms. The van der Waals surface area contributed by atoms with E-state index in [9.17, 15) is 8.42 Å². The molecule has 0 atom stereocenters. The average molecular weight is 321 g/mol. The van der Waals surface area contributed by atoms with Crippen molar-refractivity contribution in [3.8, 4) is 0 Å². The fourth-order valence-electron chi connectivity index (χ4n) is 1.96. The van der Waals surface area contributed by atoms with E-state index in [1.165, 1.54) is 11.3 Å². The van der Waals surface area contributed by atoms with Crippen molar-refractivity contribution < 1.29 is 8.42 Å². The summed E-state index contributed by atoms with van der Waals surface area (Å²) in [5.74, 6) is 0.849. The molecule has 0 spiro atoms. The van der Waals surface area contributed by atoms with E-state index in [1.54, 1.807) is 10.4 Å². The molecular formula is C12H20N2O2S3. The van der Waals surface area contributed by atoms with Gasteiger partial charge in [-0.3, -0.25) is 0 Å². The van der Waals surface area contributed by atoms with Crippen molar-refractivity contribution in [3.63, 3.8) is 0 Å². The van der Waals surface area contributed by atoms with Gasteiger partial charge in [-0.15, -0.1) is 11.3 Å². The second-order valence-electron chi connectivity index (χ2n) is 5.24. The summed E-state index contributed by atoms with van der Waals surface area (Å²) in [4.78, 5) is 0. The Kier molecular flexibility index (Phi) is 4.62. The molecule has 1 aromatic rings. The maximum atomic E-state index is 12.6. The highest BCUT2D eigenvalue weighted by Gasteiger charge is 2.31. The molecule has 2 N–H and O–H groups in total. The Morgan fingerprint density at radius 2 is 2.16 bits per heavy atom. The molecule has 0 aromatic carbocycles. The highest BCUT2D eigenvalue weighted by Crippen LogP contribution is 2.33. The number of hydrogen-bond acceptors (Lipinski definition) is 5. The van der Waals surface area contributed by atoms with Gasteiger partial charge in [-0.05, 0) is 23.4 Å². The summed E-state index contributed by atoms with van der Waals surface area (Å²) in [5.41, 5.74) is 6.42. The largest absolute Gasteiger partial charge is 0.326 e. The van der Waals surface area contributed by atoms with Crippen molar-refractivity contribution in [3.05, 3.63) is 17.0 Å². The number of nitrogens with zero attached hydrogens (tertiary/aromatic N) is 1. The van der Waals surface area contributed by atoms with Crippen LogP contribution in [0.15, 0.2) is 15.7 Å². The molecule has 2 rings (SSSR count). The molecule has 0 amide bonds. The maximum Gasteiger partial charge on any atom is 0.252 e. The molecule has 0 unspecified atom stereocenters. The van der Waals surface area contributed by atoms with Gasteiger partial charge in [0.25, 0.3) is 10.0 Å². The zero-order valence-electron chi connectivity index (χ0n) is 11.3. The third-order valence-electron chi connectivity index (χ3n) is 3.26. The zero-order valence-corrected chi connectivity index (χ0v) is 13.7. The third-order valence-corrected chi connectivity index (χ3v) is 7.99. The predicted molar refractivity (Wildman–Crippen MR) is 82.1 cm³/mol. The number of thiophene rings is 1. The summed E-state index contributed by atoms with van der Waals surface area (Å²) in [7, 11) is -3.34.